The fourth-order valence-electron chi connectivity index (χ4n) is 1.19. The lowest BCUT2D eigenvalue weighted by molar-refractivity contribution is 1.28. The van der Waals surface area contributed by atoms with Crippen molar-refractivity contribution in [2.45, 2.75) is 6.92 Å². The maximum atomic E-state index is 5.90. The number of aromatic nitrogens is 2. The number of rotatable bonds is 0. The van der Waals surface area contributed by atoms with Gasteiger partial charge in [0.25, 0.3) is 0 Å². The van der Waals surface area contributed by atoms with Crippen molar-refractivity contribution in [2.24, 2.45) is 0 Å². The van der Waals surface area contributed by atoms with Crippen molar-refractivity contribution < 1.29 is 0 Å². The van der Waals surface area contributed by atoms with Crippen LogP contribution in [0.1, 0.15) is 5.69 Å². The summed E-state index contributed by atoms with van der Waals surface area (Å²) in [4.78, 5) is 7.01. The van der Waals surface area contributed by atoms with Crippen molar-refractivity contribution in [3.63, 3.8) is 0 Å². The second-order valence-corrected chi connectivity index (χ2v) is 3.40. The summed E-state index contributed by atoms with van der Waals surface area (Å²) in [6.45, 7) is 1.95. The molecule has 0 unspecified atom stereocenters. The van der Waals surface area contributed by atoms with Gasteiger partial charge in [-0.3, -0.25) is 0 Å². The Bertz CT molecular complexity index is 395. The minimum absolute atomic E-state index is 0.461. The van der Waals surface area contributed by atoms with E-state index in [2.05, 4.69) is 9.97 Å². The molecule has 0 aliphatic carbocycles. The number of fused-ring (bicyclic) bond motifs is 1. The van der Waals surface area contributed by atoms with Crippen LogP contribution in [0.5, 0.6) is 0 Å². The summed E-state index contributed by atoms with van der Waals surface area (Å²) in [5.41, 5.74) is 1.84. The van der Waals surface area contributed by atoms with Crippen molar-refractivity contribution >= 4 is 34.1 Å². The number of hydrogen-bond acceptors (Lipinski definition) is 1. The molecule has 0 atom stereocenters. The van der Waals surface area contributed by atoms with Crippen LogP contribution in [-0.4, -0.2) is 9.97 Å². The molecule has 0 saturated carbocycles. The summed E-state index contributed by atoms with van der Waals surface area (Å²) in [7, 11) is 0. The highest BCUT2D eigenvalue weighted by atomic mass is 35.5. The van der Waals surface area contributed by atoms with Crippen LogP contribution in [0, 0.1) is 6.92 Å². The molecule has 0 amide bonds. The molecule has 2 heterocycles. The highest BCUT2D eigenvalue weighted by Gasteiger charge is 2.06. The van der Waals surface area contributed by atoms with E-state index in [1.165, 1.54) is 0 Å². The van der Waals surface area contributed by atoms with E-state index < -0.39 is 0 Å². The van der Waals surface area contributed by atoms with Gasteiger partial charge in [-0.1, -0.05) is 23.2 Å². The SMILES string of the molecule is Cc1cc2c(Cl)cnc(Cl)c2[nH]1. The quantitative estimate of drug-likeness (QED) is 0.651. The topological polar surface area (TPSA) is 28.7 Å². The molecule has 12 heavy (non-hydrogen) atoms. The summed E-state index contributed by atoms with van der Waals surface area (Å²) in [6, 6.07) is 1.95. The Morgan fingerprint density at radius 3 is 2.83 bits per heavy atom. The highest BCUT2D eigenvalue weighted by molar-refractivity contribution is 6.38. The van der Waals surface area contributed by atoms with Crippen LogP contribution in [0.3, 0.4) is 0 Å². The monoisotopic (exact) mass is 200 g/mol. The van der Waals surface area contributed by atoms with Gasteiger partial charge in [-0.15, -0.1) is 0 Å². The van der Waals surface area contributed by atoms with Crippen LogP contribution in [-0.2, 0) is 0 Å². The van der Waals surface area contributed by atoms with E-state index in [1.807, 2.05) is 13.0 Å². The Labute approximate surface area is 79.5 Å². The predicted octanol–water partition coefficient (Wildman–Crippen LogP) is 3.18. The molecule has 0 aliphatic rings. The molecule has 0 spiro atoms. The molecule has 2 aromatic heterocycles. The molecule has 2 nitrogen and oxygen atoms in total. The number of pyridine rings is 1. The van der Waals surface area contributed by atoms with E-state index in [-0.39, 0.29) is 0 Å². The van der Waals surface area contributed by atoms with Crippen molar-refractivity contribution in [2.75, 3.05) is 0 Å². The second kappa shape index (κ2) is 2.64. The van der Waals surface area contributed by atoms with Gasteiger partial charge in [0.15, 0.2) is 5.15 Å². The third kappa shape index (κ3) is 1.08. The lowest BCUT2D eigenvalue weighted by atomic mass is 10.3. The molecule has 0 radical (unpaired) electrons. The Morgan fingerprint density at radius 2 is 2.17 bits per heavy atom. The number of H-pyrrole nitrogens is 1. The molecule has 62 valence electrons. The maximum absolute atomic E-state index is 5.90. The summed E-state index contributed by atoms with van der Waals surface area (Å²) in [6.07, 6.45) is 1.56. The summed E-state index contributed by atoms with van der Waals surface area (Å²) < 4.78 is 0. The predicted molar refractivity (Wildman–Crippen MR) is 50.9 cm³/mol. The first kappa shape index (κ1) is 7.90. The van der Waals surface area contributed by atoms with Gasteiger partial charge in [0.1, 0.15) is 0 Å². The average Bonchev–Trinajstić information content (AvgIpc) is 2.41. The third-order valence-corrected chi connectivity index (χ3v) is 2.29. The Hall–Kier alpha value is -0.730. The van der Waals surface area contributed by atoms with E-state index in [0.29, 0.717) is 10.2 Å². The molecule has 0 fully saturated rings. The molecule has 0 aliphatic heterocycles. The number of halogens is 2. The fourth-order valence-corrected chi connectivity index (χ4v) is 1.58. The molecule has 0 bridgehead atoms. The number of nitrogens with one attached hydrogen (secondary N) is 1. The first-order valence-corrected chi connectivity index (χ1v) is 4.23. The van der Waals surface area contributed by atoms with E-state index in [4.69, 9.17) is 23.2 Å². The first-order chi connectivity index (χ1) is 5.68. The van der Waals surface area contributed by atoms with Crippen molar-refractivity contribution in [1.82, 2.24) is 9.97 Å². The number of aryl methyl sites for hydroxylation is 1. The second-order valence-electron chi connectivity index (χ2n) is 2.64. The summed E-state index contributed by atoms with van der Waals surface area (Å²) >= 11 is 11.7. The van der Waals surface area contributed by atoms with Gasteiger partial charge >= 0.3 is 0 Å². The summed E-state index contributed by atoms with van der Waals surface area (Å²) in [5, 5.41) is 2.01. The Balaban J connectivity index is 2.93. The third-order valence-electron chi connectivity index (χ3n) is 1.71. The van der Waals surface area contributed by atoms with Crippen molar-refractivity contribution in [3.8, 4) is 0 Å². The van der Waals surface area contributed by atoms with Gasteiger partial charge in [-0.2, -0.15) is 0 Å². The molecule has 1 N–H and O–H groups in total. The van der Waals surface area contributed by atoms with Gasteiger partial charge in [0, 0.05) is 17.3 Å². The smallest absolute Gasteiger partial charge is 0.153 e. The van der Waals surface area contributed by atoms with Gasteiger partial charge in [0.05, 0.1) is 10.5 Å². The molecule has 2 aromatic rings. The van der Waals surface area contributed by atoms with Crippen molar-refractivity contribution in [1.29, 1.82) is 0 Å². The van der Waals surface area contributed by atoms with Crippen molar-refractivity contribution in [3.05, 3.63) is 28.1 Å². The largest absolute Gasteiger partial charge is 0.356 e. The van der Waals surface area contributed by atoms with Gasteiger partial charge in [-0.25, -0.2) is 4.98 Å². The molecular formula is C8H6Cl2N2. The maximum Gasteiger partial charge on any atom is 0.153 e. The van der Waals surface area contributed by atoms with E-state index >= 15 is 0 Å². The zero-order chi connectivity index (χ0) is 8.72. The lowest BCUT2D eigenvalue weighted by Crippen LogP contribution is -1.77. The molecular weight excluding hydrogens is 195 g/mol. The fraction of sp³-hybridized carbons (Fsp3) is 0.125. The van der Waals surface area contributed by atoms with Gasteiger partial charge in [0.2, 0.25) is 0 Å². The van der Waals surface area contributed by atoms with Crippen LogP contribution in [0.15, 0.2) is 12.3 Å². The van der Waals surface area contributed by atoms with Crippen LogP contribution in [0.4, 0.5) is 0 Å². The number of nitrogens with zero attached hydrogens (tertiary/aromatic N) is 1. The van der Waals surface area contributed by atoms with Crippen LogP contribution < -0.4 is 0 Å². The average molecular weight is 201 g/mol. The normalized spacial score (nSPS) is 10.9. The van der Waals surface area contributed by atoms with Gasteiger partial charge < -0.3 is 4.98 Å². The van der Waals surface area contributed by atoms with Crippen LogP contribution in [0.2, 0.25) is 10.2 Å². The molecule has 4 heteroatoms. The van der Waals surface area contributed by atoms with Crippen LogP contribution >= 0.6 is 23.2 Å². The summed E-state index contributed by atoms with van der Waals surface area (Å²) in [5.74, 6) is 0. The highest BCUT2D eigenvalue weighted by Crippen LogP contribution is 2.27. The molecule has 0 aromatic carbocycles. The first-order valence-electron chi connectivity index (χ1n) is 3.48. The van der Waals surface area contributed by atoms with Crippen LogP contribution in [0.25, 0.3) is 10.9 Å². The zero-order valence-corrected chi connectivity index (χ0v) is 7.87. The number of aromatic amines is 1. The number of hydrogen-bond donors (Lipinski definition) is 1. The molecule has 0 saturated heterocycles. The molecule has 2 rings (SSSR count). The van der Waals surface area contributed by atoms with E-state index in [1.54, 1.807) is 6.20 Å². The van der Waals surface area contributed by atoms with Gasteiger partial charge in [-0.05, 0) is 13.0 Å². The lowest BCUT2D eigenvalue weighted by Gasteiger charge is -1.93. The van der Waals surface area contributed by atoms with E-state index in [9.17, 15) is 0 Å². The standard InChI is InChI=1S/C8H6Cl2N2/c1-4-2-5-6(9)3-11-8(10)7(5)12-4/h2-3,12H,1H3. The minimum atomic E-state index is 0.461. The van der Waals surface area contributed by atoms with E-state index in [0.717, 1.165) is 16.6 Å². The zero-order valence-electron chi connectivity index (χ0n) is 6.36. The minimum Gasteiger partial charge on any atom is -0.356 e. The Kier molecular flexibility index (Phi) is 1.74. The Morgan fingerprint density at radius 1 is 1.42 bits per heavy atom.